The summed E-state index contributed by atoms with van der Waals surface area (Å²) in [5, 5.41) is 8.67. The summed E-state index contributed by atoms with van der Waals surface area (Å²) in [5.41, 5.74) is 0.998. The van der Waals surface area contributed by atoms with Gasteiger partial charge in [0.15, 0.2) is 5.82 Å². The molecule has 0 bridgehead atoms. The first kappa shape index (κ1) is 14.7. The number of carbonyl (C=O) groups is 1. The Labute approximate surface area is 136 Å². The van der Waals surface area contributed by atoms with E-state index in [1.807, 2.05) is 47.8 Å². The lowest BCUT2D eigenvalue weighted by atomic mass is 10.2. The smallest absolute Gasteiger partial charge is 0.261 e. The van der Waals surface area contributed by atoms with Gasteiger partial charge in [0, 0.05) is 30.2 Å². The lowest BCUT2D eigenvalue weighted by molar-refractivity contribution is 0.0959. The van der Waals surface area contributed by atoms with Gasteiger partial charge in [-0.3, -0.25) is 4.79 Å². The molecule has 0 spiro atoms. The quantitative estimate of drug-likeness (QED) is 0.682. The molecule has 0 fully saturated rings. The maximum absolute atomic E-state index is 11.8. The predicted octanol–water partition coefficient (Wildman–Crippen LogP) is 3.11. The van der Waals surface area contributed by atoms with Crippen LogP contribution in [-0.4, -0.2) is 28.4 Å². The number of hydrogen-bond donors (Lipinski definition) is 2. The van der Waals surface area contributed by atoms with Gasteiger partial charge in [0.1, 0.15) is 0 Å². The molecule has 5 nitrogen and oxygen atoms in total. The van der Waals surface area contributed by atoms with Crippen LogP contribution in [0.3, 0.4) is 0 Å². The number of nitrogens with one attached hydrogen (secondary N) is 2. The van der Waals surface area contributed by atoms with Crippen molar-refractivity contribution in [3.63, 3.8) is 0 Å². The van der Waals surface area contributed by atoms with Crippen molar-refractivity contribution in [3.05, 3.63) is 52.7 Å². The van der Waals surface area contributed by atoms with Crippen molar-refractivity contribution in [1.82, 2.24) is 14.7 Å². The van der Waals surface area contributed by atoms with E-state index in [9.17, 15) is 4.79 Å². The van der Waals surface area contributed by atoms with Crippen molar-refractivity contribution in [3.8, 4) is 11.4 Å². The van der Waals surface area contributed by atoms with Gasteiger partial charge in [-0.1, -0.05) is 36.4 Å². The second kappa shape index (κ2) is 7.15. The first-order valence-electron chi connectivity index (χ1n) is 6.77. The highest BCUT2D eigenvalue weighted by Crippen LogP contribution is 2.20. The third kappa shape index (κ3) is 3.69. The highest BCUT2D eigenvalue weighted by Gasteiger charge is 2.07. The number of hydrogen-bond acceptors (Lipinski definition) is 6. The fourth-order valence-electron chi connectivity index (χ4n) is 1.84. The van der Waals surface area contributed by atoms with E-state index >= 15 is 0 Å². The molecule has 0 saturated heterocycles. The number of nitrogens with zero attached hydrogens (tertiary/aromatic N) is 2. The van der Waals surface area contributed by atoms with Crippen LogP contribution in [-0.2, 0) is 0 Å². The summed E-state index contributed by atoms with van der Waals surface area (Å²) in [4.78, 5) is 16.9. The van der Waals surface area contributed by atoms with Crippen LogP contribution in [0, 0.1) is 0 Å². The van der Waals surface area contributed by atoms with Gasteiger partial charge in [-0.15, -0.1) is 11.3 Å². The number of anilines is 1. The number of aromatic nitrogens is 2. The van der Waals surface area contributed by atoms with Gasteiger partial charge in [0.25, 0.3) is 5.91 Å². The van der Waals surface area contributed by atoms with Crippen molar-refractivity contribution < 1.29 is 4.79 Å². The zero-order valence-corrected chi connectivity index (χ0v) is 13.3. The summed E-state index contributed by atoms with van der Waals surface area (Å²) < 4.78 is 4.32. The molecule has 0 aliphatic rings. The van der Waals surface area contributed by atoms with Crippen molar-refractivity contribution in [2.45, 2.75) is 0 Å². The molecule has 0 aliphatic carbocycles. The van der Waals surface area contributed by atoms with Gasteiger partial charge in [-0.2, -0.15) is 9.36 Å². The Morgan fingerprint density at radius 1 is 1.09 bits per heavy atom. The number of carbonyl (C=O) groups excluding carboxylic acids is 1. The summed E-state index contributed by atoms with van der Waals surface area (Å²) in [6, 6.07) is 13.5. The van der Waals surface area contributed by atoms with Crippen molar-refractivity contribution in [1.29, 1.82) is 0 Å². The van der Waals surface area contributed by atoms with Gasteiger partial charge in [-0.25, -0.2) is 0 Å². The predicted molar refractivity (Wildman–Crippen MR) is 90.5 cm³/mol. The van der Waals surface area contributed by atoms with Gasteiger partial charge in [-0.05, 0) is 11.4 Å². The Morgan fingerprint density at radius 2 is 1.95 bits per heavy atom. The average Bonchev–Trinajstić information content (AvgIpc) is 3.24. The highest BCUT2D eigenvalue weighted by molar-refractivity contribution is 7.12. The fourth-order valence-corrected chi connectivity index (χ4v) is 3.09. The van der Waals surface area contributed by atoms with E-state index in [1.54, 1.807) is 0 Å². The molecule has 2 N–H and O–H groups in total. The van der Waals surface area contributed by atoms with Crippen molar-refractivity contribution in [2.75, 3.05) is 18.4 Å². The molecular formula is C15H14N4OS2. The lowest BCUT2D eigenvalue weighted by Gasteiger charge is -2.04. The molecule has 1 amide bonds. The minimum absolute atomic E-state index is 0.0426. The maximum atomic E-state index is 11.8. The first-order chi connectivity index (χ1) is 10.8. The molecule has 2 heterocycles. The summed E-state index contributed by atoms with van der Waals surface area (Å²) in [6.45, 7) is 1.15. The van der Waals surface area contributed by atoms with Crippen LogP contribution in [0.4, 0.5) is 5.13 Å². The van der Waals surface area contributed by atoms with Gasteiger partial charge >= 0.3 is 0 Å². The molecule has 0 radical (unpaired) electrons. The van der Waals surface area contributed by atoms with Crippen LogP contribution >= 0.6 is 22.9 Å². The zero-order valence-electron chi connectivity index (χ0n) is 11.7. The summed E-state index contributed by atoms with van der Waals surface area (Å²) in [7, 11) is 0. The Bertz CT molecular complexity index is 725. The molecular weight excluding hydrogens is 316 g/mol. The molecule has 0 unspecified atom stereocenters. The van der Waals surface area contributed by atoms with Gasteiger partial charge in [0.2, 0.25) is 5.13 Å². The minimum Gasteiger partial charge on any atom is -0.359 e. The third-order valence-corrected chi connectivity index (χ3v) is 4.43. The average molecular weight is 330 g/mol. The minimum atomic E-state index is -0.0426. The molecule has 3 rings (SSSR count). The van der Waals surface area contributed by atoms with Crippen LogP contribution in [0.5, 0.6) is 0 Å². The molecule has 2 aromatic heterocycles. The topological polar surface area (TPSA) is 66.9 Å². The summed E-state index contributed by atoms with van der Waals surface area (Å²) in [5.74, 6) is 0.676. The third-order valence-electron chi connectivity index (χ3n) is 2.89. The fraction of sp³-hybridized carbons (Fsp3) is 0.133. The molecule has 0 atom stereocenters. The van der Waals surface area contributed by atoms with Crippen LogP contribution < -0.4 is 10.6 Å². The molecule has 1 aromatic carbocycles. The first-order valence-corrected chi connectivity index (χ1v) is 8.43. The second-order valence-corrected chi connectivity index (χ2v) is 6.15. The van der Waals surface area contributed by atoms with Crippen LogP contribution in [0.25, 0.3) is 11.4 Å². The summed E-state index contributed by atoms with van der Waals surface area (Å²) >= 11 is 2.75. The van der Waals surface area contributed by atoms with E-state index in [0.717, 1.165) is 21.4 Å². The van der Waals surface area contributed by atoms with Crippen LogP contribution in [0.2, 0.25) is 0 Å². The van der Waals surface area contributed by atoms with E-state index in [1.165, 1.54) is 22.9 Å². The Balaban J connectivity index is 1.47. The number of rotatable bonds is 6. The molecule has 7 heteroatoms. The van der Waals surface area contributed by atoms with Crippen molar-refractivity contribution >= 4 is 33.9 Å². The van der Waals surface area contributed by atoms with E-state index in [2.05, 4.69) is 20.0 Å². The Kier molecular flexibility index (Phi) is 4.77. The number of amides is 1. The monoisotopic (exact) mass is 330 g/mol. The number of benzene rings is 1. The molecule has 0 saturated carbocycles. The van der Waals surface area contributed by atoms with Gasteiger partial charge in [0.05, 0.1) is 4.88 Å². The van der Waals surface area contributed by atoms with E-state index in [4.69, 9.17) is 0 Å². The molecule has 112 valence electrons. The Morgan fingerprint density at radius 3 is 2.73 bits per heavy atom. The second-order valence-electron chi connectivity index (χ2n) is 4.45. The standard InChI is InChI=1S/C15H14N4OS2/c20-14(12-7-4-10-21-12)16-8-9-17-15-18-13(19-22-15)11-5-2-1-3-6-11/h1-7,10H,8-9H2,(H,16,20)(H,17,18,19). The molecule has 22 heavy (non-hydrogen) atoms. The van der Waals surface area contributed by atoms with E-state index < -0.39 is 0 Å². The van der Waals surface area contributed by atoms with E-state index in [-0.39, 0.29) is 5.91 Å². The lowest BCUT2D eigenvalue weighted by Crippen LogP contribution is -2.28. The molecule has 3 aromatic rings. The highest BCUT2D eigenvalue weighted by atomic mass is 32.1. The van der Waals surface area contributed by atoms with Crippen molar-refractivity contribution in [2.24, 2.45) is 0 Å². The van der Waals surface area contributed by atoms with Crippen LogP contribution in [0.1, 0.15) is 9.67 Å². The molecule has 0 aliphatic heterocycles. The van der Waals surface area contributed by atoms with E-state index in [0.29, 0.717) is 13.1 Å². The largest absolute Gasteiger partial charge is 0.359 e. The maximum Gasteiger partial charge on any atom is 0.261 e. The number of thiophene rings is 1. The zero-order chi connectivity index (χ0) is 15.2. The SMILES string of the molecule is O=C(NCCNc1nc(-c2ccccc2)ns1)c1cccs1. The normalized spacial score (nSPS) is 10.4. The Hall–Kier alpha value is -2.25. The summed E-state index contributed by atoms with van der Waals surface area (Å²) in [6.07, 6.45) is 0. The van der Waals surface area contributed by atoms with Crippen LogP contribution in [0.15, 0.2) is 47.8 Å². The van der Waals surface area contributed by atoms with Gasteiger partial charge < -0.3 is 10.6 Å².